The van der Waals surface area contributed by atoms with Gasteiger partial charge in [0.05, 0.1) is 11.9 Å². The number of rotatable bonds is 9. The van der Waals surface area contributed by atoms with Gasteiger partial charge in [0.2, 0.25) is 21.8 Å². The second kappa shape index (κ2) is 12.4. The zero-order chi connectivity index (χ0) is 26.5. The van der Waals surface area contributed by atoms with Crippen LogP contribution < -0.4 is 9.62 Å². The number of amides is 2. The van der Waals surface area contributed by atoms with Gasteiger partial charge in [0.15, 0.2) is 0 Å². The van der Waals surface area contributed by atoms with Gasteiger partial charge >= 0.3 is 0 Å². The lowest BCUT2D eigenvalue weighted by atomic mass is 9.95. The lowest BCUT2D eigenvalue weighted by Gasteiger charge is -2.33. The highest BCUT2D eigenvalue weighted by Gasteiger charge is 2.31. The maximum absolute atomic E-state index is 13.7. The van der Waals surface area contributed by atoms with Crippen molar-refractivity contribution in [2.45, 2.75) is 64.6 Å². The number of nitrogens with zero attached hydrogens (tertiary/aromatic N) is 2. The number of nitrogens with one attached hydrogen (secondary N) is 1. The number of hydrogen-bond acceptors (Lipinski definition) is 4. The SMILES string of the molecule is Cc1c(Cl)cccc1N(CC(=O)N(Cc1ccc(Br)cc1)[C@@H](C)C(=O)NC1CCCCC1)S(C)(=O)=O. The molecule has 1 saturated carbocycles. The minimum atomic E-state index is -3.81. The molecule has 2 aromatic carbocycles. The van der Waals surface area contributed by atoms with Crippen molar-refractivity contribution in [1.29, 1.82) is 0 Å². The summed E-state index contributed by atoms with van der Waals surface area (Å²) in [4.78, 5) is 28.3. The molecule has 0 aromatic heterocycles. The Morgan fingerprint density at radius 2 is 1.75 bits per heavy atom. The normalized spacial score (nSPS) is 15.2. The first-order valence-electron chi connectivity index (χ1n) is 12.0. The number of hydrogen-bond donors (Lipinski definition) is 1. The number of carbonyl (C=O) groups is 2. The molecule has 0 aliphatic heterocycles. The van der Waals surface area contributed by atoms with Gasteiger partial charge in [0.1, 0.15) is 12.6 Å². The van der Waals surface area contributed by atoms with Crippen LogP contribution in [0.3, 0.4) is 0 Å². The van der Waals surface area contributed by atoms with Crippen molar-refractivity contribution in [3.05, 3.63) is 63.1 Å². The average molecular weight is 599 g/mol. The molecular weight excluding hydrogens is 566 g/mol. The maximum atomic E-state index is 13.7. The van der Waals surface area contributed by atoms with Gasteiger partial charge in [0.25, 0.3) is 0 Å². The van der Waals surface area contributed by atoms with Crippen LogP contribution in [0.1, 0.15) is 50.2 Å². The molecule has 7 nitrogen and oxygen atoms in total. The summed E-state index contributed by atoms with van der Waals surface area (Å²) in [7, 11) is -3.81. The van der Waals surface area contributed by atoms with E-state index in [0.717, 1.165) is 46.3 Å². The lowest BCUT2D eigenvalue weighted by Crippen LogP contribution is -2.53. The molecule has 0 spiro atoms. The van der Waals surface area contributed by atoms with E-state index in [0.29, 0.717) is 16.3 Å². The van der Waals surface area contributed by atoms with Crippen LogP contribution in [0, 0.1) is 6.92 Å². The molecule has 1 N–H and O–H groups in total. The Morgan fingerprint density at radius 1 is 1.11 bits per heavy atom. The number of carbonyl (C=O) groups excluding carboxylic acids is 2. The van der Waals surface area contributed by atoms with Gasteiger partial charge in [-0.25, -0.2) is 8.42 Å². The van der Waals surface area contributed by atoms with Crippen LogP contribution in [0.15, 0.2) is 46.9 Å². The quantitative estimate of drug-likeness (QED) is 0.438. The van der Waals surface area contributed by atoms with Gasteiger partial charge in [-0.15, -0.1) is 0 Å². The summed E-state index contributed by atoms with van der Waals surface area (Å²) < 4.78 is 27.4. The molecule has 2 amide bonds. The van der Waals surface area contributed by atoms with Crippen LogP contribution in [0.25, 0.3) is 0 Å². The Morgan fingerprint density at radius 3 is 2.36 bits per heavy atom. The molecule has 0 radical (unpaired) electrons. The van der Waals surface area contributed by atoms with Crippen LogP contribution >= 0.6 is 27.5 Å². The van der Waals surface area contributed by atoms with Gasteiger partial charge in [-0.05, 0) is 62.1 Å². The molecule has 1 aliphatic rings. The Kier molecular flexibility index (Phi) is 9.83. The Hall–Kier alpha value is -2.10. The van der Waals surface area contributed by atoms with Crippen molar-refractivity contribution in [1.82, 2.24) is 10.2 Å². The summed E-state index contributed by atoms with van der Waals surface area (Å²) in [6, 6.07) is 11.7. The highest BCUT2D eigenvalue weighted by Crippen LogP contribution is 2.28. The first-order valence-corrected chi connectivity index (χ1v) is 15.1. The molecule has 0 bridgehead atoms. The first kappa shape index (κ1) is 28.5. The van der Waals surface area contributed by atoms with Crippen LogP contribution in [0.2, 0.25) is 5.02 Å². The molecule has 0 saturated heterocycles. The molecule has 10 heteroatoms. The van der Waals surface area contributed by atoms with E-state index in [-0.39, 0.29) is 18.5 Å². The number of sulfonamides is 1. The van der Waals surface area contributed by atoms with E-state index in [1.165, 1.54) is 11.3 Å². The molecular formula is C26H33BrClN3O4S. The monoisotopic (exact) mass is 597 g/mol. The van der Waals surface area contributed by atoms with Crippen molar-refractivity contribution in [3.8, 4) is 0 Å². The predicted molar refractivity (Wildman–Crippen MR) is 148 cm³/mol. The van der Waals surface area contributed by atoms with Gasteiger partial charge in [0, 0.05) is 22.1 Å². The van der Waals surface area contributed by atoms with Crippen molar-refractivity contribution >= 4 is 55.1 Å². The average Bonchev–Trinajstić information content (AvgIpc) is 2.83. The molecule has 0 heterocycles. The van der Waals surface area contributed by atoms with Crippen LogP contribution in [-0.4, -0.2) is 50.0 Å². The molecule has 1 fully saturated rings. The third-order valence-corrected chi connectivity index (χ3v) is 8.64. The van der Waals surface area contributed by atoms with E-state index in [1.54, 1.807) is 32.0 Å². The van der Waals surface area contributed by atoms with E-state index in [4.69, 9.17) is 11.6 Å². The van der Waals surface area contributed by atoms with Gasteiger partial charge in [-0.1, -0.05) is 65.0 Å². The van der Waals surface area contributed by atoms with Gasteiger partial charge in [-0.3, -0.25) is 13.9 Å². The summed E-state index contributed by atoms with van der Waals surface area (Å²) in [6.07, 6.45) is 6.22. The van der Waals surface area contributed by atoms with E-state index in [2.05, 4.69) is 21.2 Å². The topological polar surface area (TPSA) is 86.8 Å². The van der Waals surface area contributed by atoms with E-state index >= 15 is 0 Å². The molecule has 3 rings (SSSR count). The Balaban J connectivity index is 1.89. The predicted octanol–water partition coefficient (Wildman–Crippen LogP) is 5.04. The van der Waals surface area contributed by atoms with E-state index < -0.39 is 28.5 Å². The summed E-state index contributed by atoms with van der Waals surface area (Å²) >= 11 is 9.65. The highest BCUT2D eigenvalue weighted by atomic mass is 79.9. The zero-order valence-electron chi connectivity index (χ0n) is 20.8. The third-order valence-electron chi connectivity index (χ3n) is 6.57. The molecule has 196 valence electrons. The highest BCUT2D eigenvalue weighted by molar-refractivity contribution is 9.10. The summed E-state index contributed by atoms with van der Waals surface area (Å²) in [6.45, 7) is 3.11. The van der Waals surface area contributed by atoms with Gasteiger partial charge < -0.3 is 10.2 Å². The molecule has 1 atom stereocenters. The Labute approximate surface area is 227 Å². The molecule has 2 aromatic rings. The van der Waals surface area contributed by atoms with Crippen molar-refractivity contribution in [2.24, 2.45) is 0 Å². The summed E-state index contributed by atoms with van der Waals surface area (Å²) in [5.41, 5.74) is 1.72. The van der Waals surface area contributed by atoms with Crippen molar-refractivity contribution in [3.63, 3.8) is 0 Å². The van der Waals surface area contributed by atoms with Crippen molar-refractivity contribution in [2.75, 3.05) is 17.1 Å². The number of benzene rings is 2. The maximum Gasteiger partial charge on any atom is 0.244 e. The molecule has 36 heavy (non-hydrogen) atoms. The fraction of sp³-hybridized carbons (Fsp3) is 0.462. The number of anilines is 1. The molecule has 0 unspecified atom stereocenters. The lowest BCUT2D eigenvalue weighted by molar-refractivity contribution is -0.139. The van der Waals surface area contributed by atoms with Crippen LogP contribution in [-0.2, 0) is 26.2 Å². The van der Waals surface area contributed by atoms with Crippen molar-refractivity contribution < 1.29 is 18.0 Å². The first-order chi connectivity index (χ1) is 17.0. The minimum Gasteiger partial charge on any atom is -0.352 e. The fourth-order valence-corrected chi connectivity index (χ4v) is 5.73. The Bertz CT molecular complexity index is 1180. The van der Waals surface area contributed by atoms with E-state index in [1.807, 2.05) is 24.3 Å². The molecule has 1 aliphatic carbocycles. The number of halogens is 2. The van der Waals surface area contributed by atoms with E-state index in [9.17, 15) is 18.0 Å². The fourth-order valence-electron chi connectivity index (χ4n) is 4.40. The smallest absolute Gasteiger partial charge is 0.244 e. The van der Waals surface area contributed by atoms with Crippen LogP contribution in [0.4, 0.5) is 5.69 Å². The van der Waals surface area contributed by atoms with Gasteiger partial charge in [-0.2, -0.15) is 0 Å². The minimum absolute atomic E-state index is 0.0972. The second-order valence-electron chi connectivity index (χ2n) is 9.32. The summed E-state index contributed by atoms with van der Waals surface area (Å²) in [5.74, 6) is -0.716. The zero-order valence-corrected chi connectivity index (χ0v) is 24.0. The largest absolute Gasteiger partial charge is 0.352 e. The van der Waals surface area contributed by atoms with Crippen LogP contribution in [0.5, 0.6) is 0 Å². The summed E-state index contributed by atoms with van der Waals surface area (Å²) in [5, 5.41) is 3.49. The standard InChI is InChI=1S/C26H33BrClN3O4S/c1-18-23(28)10-7-11-24(18)31(36(3,34)35)17-25(32)30(16-20-12-14-21(27)15-13-20)19(2)26(33)29-22-8-5-4-6-9-22/h7,10-15,19,22H,4-6,8-9,16-17H2,1-3H3,(H,29,33)/t19-/m0/s1. The third kappa shape index (κ3) is 7.46. The second-order valence-corrected chi connectivity index (χ2v) is 12.6.